The number of furan rings is 1. The molecule has 2 aromatic heterocycles. The number of aromatic carboxylic acids is 1. The first-order valence-electron chi connectivity index (χ1n) is 5.87. The Balaban J connectivity index is 2.31. The van der Waals surface area contributed by atoms with E-state index in [-0.39, 0.29) is 5.69 Å². The summed E-state index contributed by atoms with van der Waals surface area (Å²) < 4.78 is 7.61. The predicted octanol–water partition coefficient (Wildman–Crippen LogP) is 2.58. The van der Waals surface area contributed by atoms with Crippen molar-refractivity contribution in [3.05, 3.63) is 34.0 Å². The van der Waals surface area contributed by atoms with Gasteiger partial charge in [0.2, 0.25) is 0 Å². The molecular weight excluding hydrogens is 314 g/mol. The van der Waals surface area contributed by atoms with Gasteiger partial charge in [0.05, 0.1) is 5.69 Å². The largest absolute Gasteiger partial charge is 0.476 e. The summed E-state index contributed by atoms with van der Waals surface area (Å²) in [4.78, 5) is 11.1. The lowest BCUT2D eigenvalue weighted by Crippen LogP contribution is -2.11. The van der Waals surface area contributed by atoms with Crippen LogP contribution in [0.3, 0.4) is 0 Å². The normalized spacial score (nSPS) is 11.2. The molecule has 6 nitrogen and oxygen atoms in total. The molecule has 0 aliphatic rings. The van der Waals surface area contributed by atoms with Crippen LogP contribution in [0.15, 0.2) is 21.2 Å². The van der Waals surface area contributed by atoms with Gasteiger partial charge in [0.1, 0.15) is 12.3 Å². The third-order valence-corrected chi connectivity index (χ3v) is 3.00. The van der Waals surface area contributed by atoms with Crippen molar-refractivity contribution in [2.75, 3.05) is 0 Å². The Labute approximate surface area is 118 Å². The minimum Gasteiger partial charge on any atom is -0.476 e. The van der Waals surface area contributed by atoms with Crippen LogP contribution in [0.2, 0.25) is 0 Å². The molecule has 0 aromatic carbocycles. The summed E-state index contributed by atoms with van der Waals surface area (Å²) in [6, 6.07) is 3.60. The third kappa shape index (κ3) is 3.23. The first-order valence-corrected chi connectivity index (χ1v) is 6.66. The van der Waals surface area contributed by atoms with E-state index in [1.54, 1.807) is 10.7 Å². The number of rotatable bonds is 5. The summed E-state index contributed by atoms with van der Waals surface area (Å²) in [6.45, 7) is 4.41. The topological polar surface area (TPSA) is 81.1 Å². The fourth-order valence-electron chi connectivity index (χ4n) is 1.80. The van der Waals surface area contributed by atoms with Gasteiger partial charge < -0.3 is 9.52 Å². The van der Waals surface area contributed by atoms with Gasteiger partial charge in [-0.2, -0.15) is 0 Å². The Morgan fingerprint density at radius 2 is 2.26 bits per heavy atom. The lowest BCUT2D eigenvalue weighted by atomic mass is 10.1. The second-order valence-corrected chi connectivity index (χ2v) is 5.43. The van der Waals surface area contributed by atoms with Crippen molar-refractivity contribution >= 4 is 21.9 Å². The average molecular weight is 328 g/mol. The predicted molar refractivity (Wildman–Crippen MR) is 71.0 cm³/mol. The summed E-state index contributed by atoms with van der Waals surface area (Å²) in [5, 5.41) is 16.8. The van der Waals surface area contributed by atoms with E-state index >= 15 is 0 Å². The van der Waals surface area contributed by atoms with Gasteiger partial charge in [-0.05, 0) is 40.4 Å². The van der Waals surface area contributed by atoms with Gasteiger partial charge in [-0.1, -0.05) is 19.1 Å². The van der Waals surface area contributed by atoms with Crippen LogP contribution in [-0.4, -0.2) is 26.1 Å². The summed E-state index contributed by atoms with van der Waals surface area (Å²) in [5.74, 6) is -0.0417. The molecule has 0 spiro atoms. The standard InChI is InChI=1S/C12H14BrN3O3/c1-7(2)5-9-11(12(17)18)14-15-16(9)6-8-3-4-10(13)19-8/h3-4,7H,5-6H2,1-2H3,(H,17,18). The van der Waals surface area contributed by atoms with Crippen molar-refractivity contribution in [1.82, 2.24) is 15.0 Å². The van der Waals surface area contributed by atoms with Gasteiger partial charge in [0.15, 0.2) is 10.4 Å². The lowest BCUT2D eigenvalue weighted by molar-refractivity contribution is 0.0689. The highest BCUT2D eigenvalue weighted by Gasteiger charge is 2.20. The van der Waals surface area contributed by atoms with Crippen LogP contribution in [0.5, 0.6) is 0 Å². The zero-order valence-corrected chi connectivity index (χ0v) is 12.2. The van der Waals surface area contributed by atoms with Crippen LogP contribution < -0.4 is 0 Å². The highest BCUT2D eigenvalue weighted by Crippen LogP contribution is 2.17. The second-order valence-electron chi connectivity index (χ2n) is 4.65. The van der Waals surface area contributed by atoms with Crippen molar-refractivity contribution in [3.8, 4) is 0 Å². The van der Waals surface area contributed by atoms with E-state index in [9.17, 15) is 4.79 Å². The maximum absolute atomic E-state index is 11.1. The van der Waals surface area contributed by atoms with Crippen molar-refractivity contribution < 1.29 is 14.3 Å². The molecule has 0 fully saturated rings. The molecule has 0 aliphatic carbocycles. The lowest BCUT2D eigenvalue weighted by Gasteiger charge is -2.07. The highest BCUT2D eigenvalue weighted by molar-refractivity contribution is 9.10. The van der Waals surface area contributed by atoms with Gasteiger partial charge in [-0.3, -0.25) is 0 Å². The molecule has 0 aliphatic heterocycles. The van der Waals surface area contributed by atoms with E-state index in [1.807, 2.05) is 19.9 Å². The summed E-state index contributed by atoms with van der Waals surface area (Å²) >= 11 is 3.23. The first kappa shape index (κ1) is 13.8. The van der Waals surface area contributed by atoms with Gasteiger partial charge >= 0.3 is 5.97 Å². The Hall–Kier alpha value is -1.63. The average Bonchev–Trinajstić information content (AvgIpc) is 2.87. The number of halogens is 1. The number of carbonyl (C=O) groups is 1. The number of hydrogen-bond donors (Lipinski definition) is 1. The first-order chi connectivity index (χ1) is 8.97. The molecule has 0 saturated heterocycles. The van der Waals surface area contributed by atoms with E-state index in [0.717, 1.165) is 0 Å². The number of carboxylic acid groups (broad SMARTS) is 1. The van der Waals surface area contributed by atoms with Crippen LogP contribution in [0, 0.1) is 5.92 Å². The Morgan fingerprint density at radius 1 is 1.53 bits per heavy atom. The Kier molecular flexibility index (Phi) is 4.04. The van der Waals surface area contributed by atoms with Crippen molar-refractivity contribution in [2.45, 2.75) is 26.8 Å². The van der Waals surface area contributed by atoms with Crippen molar-refractivity contribution in [3.63, 3.8) is 0 Å². The van der Waals surface area contributed by atoms with Crippen molar-refractivity contribution in [1.29, 1.82) is 0 Å². The van der Waals surface area contributed by atoms with E-state index in [4.69, 9.17) is 9.52 Å². The molecule has 1 N–H and O–H groups in total. The fourth-order valence-corrected chi connectivity index (χ4v) is 2.14. The summed E-state index contributed by atoms with van der Waals surface area (Å²) in [7, 11) is 0. The molecule has 2 heterocycles. The minimum absolute atomic E-state index is 0.0133. The molecule has 0 atom stereocenters. The van der Waals surface area contributed by atoms with E-state index in [1.165, 1.54) is 0 Å². The Bertz CT molecular complexity index is 589. The van der Waals surface area contributed by atoms with Crippen LogP contribution in [0.25, 0.3) is 0 Å². The smallest absolute Gasteiger partial charge is 0.358 e. The van der Waals surface area contributed by atoms with Gasteiger partial charge in [-0.15, -0.1) is 5.10 Å². The second kappa shape index (κ2) is 5.56. The SMILES string of the molecule is CC(C)Cc1c(C(=O)O)nnn1Cc1ccc(Br)o1. The molecule has 0 bridgehead atoms. The van der Waals surface area contributed by atoms with Crippen LogP contribution >= 0.6 is 15.9 Å². The molecule has 7 heteroatoms. The van der Waals surface area contributed by atoms with E-state index < -0.39 is 5.97 Å². The summed E-state index contributed by atoms with van der Waals surface area (Å²) in [5.41, 5.74) is 0.634. The maximum atomic E-state index is 11.1. The summed E-state index contributed by atoms with van der Waals surface area (Å²) in [6.07, 6.45) is 0.608. The van der Waals surface area contributed by atoms with Crippen LogP contribution in [-0.2, 0) is 13.0 Å². The number of hydrogen-bond acceptors (Lipinski definition) is 4. The molecule has 0 radical (unpaired) electrons. The zero-order chi connectivity index (χ0) is 14.0. The molecule has 2 aromatic rings. The van der Waals surface area contributed by atoms with Crippen molar-refractivity contribution in [2.24, 2.45) is 5.92 Å². The minimum atomic E-state index is -1.05. The maximum Gasteiger partial charge on any atom is 0.358 e. The molecule has 0 saturated carbocycles. The number of aromatic nitrogens is 3. The zero-order valence-electron chi connectivity index (χ0n) is 10.6. The monoisotopic (exact) mass is 327 g/mol. The van der Waals surface area contributed by atoms with Crippen LogP contribution in [0.4, 0.5) is 0 Å². The molecule has 0 amide bonds. The van der Waals surface area contributed by atoms with E-state index in [0.29, 0.717) is 35.0 Å². The third-order valence-electron chi connectivity index (χ3n) is 2.58. The molecule has 19 heavy (non-hydrogen) atoms. The van der Waals surface area contributed by atoms with Gasteiger partial charge in [0, 0.05) is 0 Å². The number of carboxylic acids is 1. The molecule has 0 unspecified atom stereocenters. The fraction of sp³-hybridized carbons (Fsp3) is 0.417. The molecule has 2 rings (SSSR count). The molecule has 102 valence electrons. The molecular formula is C12H14BrN3O3. The van der Waals surface area contributed by atoms with Crippen LogP contribution in [0.1, 0.15) is 35.8 Å². The quantitative estimate of drug-likeness (QED) is 0.912. The van der Waals surface area contributed by atoms with Gasteiger partial charge in [0.25, 0.3) is 0 Å². The Morgan fingerprint density at radius 3 is 2.79 bits per heavy atom. The van der Waals surface area contributed by atoms with Gasteiger partial charge in [-0.25, -0.2) is 9.48 Å². The number of nitrogens with zero attached hydrogens (tertiary/aromatic N) is 3. The van der Waals surface area contributed by atoms with E-state index in [2.05, 4.69) is 26.2 Å². The highest BCUT2D eigenvalue weighted by atomic mass is 79.9.